The Balaban J connectivity index is 1.53. The highest BCUT2D eigenvalue weighted by atomic mass is 16.2. The minimum atomic E-state index is -0.293. The zero-order valence-electron chi connectivity index (χ0n) is 12.8. The van der Waals surface area contributed by atoms with Gasteiger partial charge in [0.2, 0.25) is 11.8 Å². The molecule has 2 amide bonds. The van der Waals surface area contributed by atoms with Gasteiger partial charge in [0, 0.05) is 25.7 Å². The van der Waals surface area contributed by atoms with Crippen LogP contribution in [0.15, 0.2) is 54.9 Å². The van der Waals surface area contributed by atoms with E-state index in [1.807, 2.05) is 30.3 Å². The first-order valence-corrected chi connectivity index (χ1v) is 7.75. The molecule has 2 aromatic rings. The number of hydrogen-bond acceptors (Lipinski definition) is 3. The molecule has 1 aliphatic heterocycles. The predicted molar refractivity (Wildman–Crippen MR) is 87.7 cm³/mol. The number of pyridine rings is 1. The summed E-state index contributed by atoms with van der Waals surface area (Å²) in [7, 11) is 0. The van der Waals surface area contributed by atoms with Gasteiger partial charge in [-0.25, -0.2) is 0 Å². The Labute approximate surface area is 135 Å². The molecule has 1 saturated heterocycles. The van der Waals surface area contributed by atoms with Gasteiger partial charge in [0.05, 0.1) is 17.8 Å². The Kier molecular flexibility index (Phi) is 4.66. The first-order chi connectivity index (χ1) is 11.2. The van der Waals surface area contributed by atoms with Crippen molar-refractivity contribution in [1.82, 2.24) is 9.88 Å². The van der Waals surface area contributed by atoms with Gasteiger partial charge in [-0.05, 0) is 24.1 Å². The van der Waals surface area contributed by atoms with E-state index < -0.39 is 0 Å². The zero-order chi connectivity index (χ0) is 16.1. The predicted octanol–water partition coefficient (Wildman–Crippen LogP) is 2.11. The summed E-state index contributed by atoms with van der Waals surface area (Å²) in [5, 5.41) is 2.82. The van der Waals surface area contributed by atoms with Crippen molar-refractivity contribution in [1.29, 1.82) is 0 Å². The summed E-state index contributed by atoms with van der Waals surface area (Å²) >= 11 is 0. The Morgan fingerprint density at radius 3 is 2.78 bits per heavy atom. The second-order valence-electron chi connectivity index (χ2n) is 5.71. The van der Waals surface area contributed by atoms with Crippen LogP contribution < -0.4 is 5.32 Å². The molecule has 1 aromatic heterocycles. The third-order valence-corrected chi connectivity index (χ3v) is 4.03. The van der Waals surface area contributed by atoms with Crippen molar-refractivity contribution in [3.05, 3.63) is 60.4 Å². The van der Waals surface area contributed by atoms with Crippen molar-refractivity contribution in [3.8, 4) is 0 Å². The quantitative estimate of drug-likeness (QED) is 0.920. The normalized spacial score (nSPS) is 17.3. The number of carbonyl (C=O) groups excluding carboxylic acids is 2. The summed E-state index contributed by atoms with van der Waals surface area (Å²) in [6.45, 7) is 1.14. The van der Waals surface area contributed by atoms with Crippen molar-refractivity contribution in [3.63, 3.8) is 0 Å². The largest absolute Gasteiger partial charge is 0.342 e. The van der Waals surface area contributed by atoms with E-state index in [9.17, 15) is 9.59 Å². The fraction of sp³-hybridized carbons (Fsp3) is 0.278. The summed E-state index contributed by atoms with van der Waals surface area (Å²) in [4.78, 5) is 30.1. The van der Waals surface area contributed by atoms with Crippen LogP contribution in [0.4, 0.5) is 5.69 Å². The molecule has 5 heteroatoms. The lowest BCUT2D eigenvalue weighted by molar-refractivity contribution is -0.128. The minimum absolute atomic E-state index is 0.0484. The third-order valence-electron chi connectivity index (χ3n) is 4.03. The average molecular weight is 309 g/mol. The summed E-state index contributed by atoms with van der Waals surface area (Å²) in [5.74, 6) is -0.362. The number of likely N-dealkylation sites (tertiary alicyclic amines) is 1. The molecule has 3 rings (SSSR count). The maximum absolute atomic E-state index is 12.3. The SMILES string of the molecule is O=C(Nc1cccnc1)C1CC(=O)N(CCc2ccccc2)C1. The molecule has 1 aromatic carbocycles. The highest BCUT2D eigenvalue weighted by Gasteiger charge is 2.33. The fourth-order valence-electron chi connectivity index (χ4n) is 2.75. The summed E-state index contributed by atoms with van der Waals surface area (Å²) in [6, 6.07) is 13.6. The molecule has 5 nitrogen and oxygen atoms in total. The van der Waals surface area contributed by atoms with Gasteiger partial charge in [0.25, 0.3) is 0 Å². The second kappa shape index (κ2) is 7.05. The molecule has 1 N–H and O–H groups in total. The van der Waals surface area contributed by atoms with E-state index in [-0.39, 0.29) is 24.2 Å². The average Bonchev–Trinajstić information content (AvgIpc) is 2.96. The molecule has 1 unspecified atom stereocenters. The van der Waals surface area contributed by atoms with Crippen LogP contribution in [-0.2, 0) is 16.0 Å². The number of aromatic nitrogens is 1. The summed E-state index contributed by atoms with van der Waals surface area (Å²) < 4.78 is 0. The molecule has 23 heavy (non-hydrogen) atoms. The van der Waals surface area contributed by atoms with E-state index in [0.717, 1.165) is 6.42 Å². The van der Waals surface area contributed by atoms with Crippen LogP contribution in [0.5, 0.6) is 0 Å². The van der Waals surface area contributed by atoms with Crippen LogP contribution in [0.3, 0.4) is 0 Å². The molecular weight excluding hydrogens is 290 g/mol. The molecule has 0 radical (unpaired) electrons. The van der Waals surface area contributed by atoms with Crippen LogP contribution in [0.1, 0.15) is 12.0 Å². The van der Waals surface area contributed by atoms with E-state index in [1.165, 1.54) is 5.56 Å². The molecule has 0 spiro atoms. The smallest absolute Gasteiger partial charge is 0.229 e. The minimum Gasteiger partial charge on any atom is -0.342 e. The van der Waals surface area contributed by atoms with Crippen molar-refractivity contribution < 1.29 is 9.59 Å². The second-order valence-corrected chi connectivity index (χ2v) is 5.71. The summed E-state index contributed by atoms with van der Waals surface area (Å²) in [5.41, 5.74) is 1.86. The lowest BCUT2D eigenvalue weighted by Crippen LogP contribution is -2.30. The van der Waals surface area contributed by atoms with Gasteiger partial charge in [0.1, 0.15) is 0 Å². The molecule has 1 aliphatic rings. The topological polar surface area (TPSA) is 62.3 Å². The molecule has 2 heterocycles. The van der Waals surface area contributed by atoms with E-state index in [2.05, 4.69) is 10.3 Å². The number of nitrogens with one attached hydrogen (secondary N) is 1. The first-order valence-electron chi connectivity index (χ1n) is 7.75. The number of rotatable bonds is 5. The van der Waals surface area contributed by atoms with Crippen LogP contribution in [0, 0.1) is 5.92 Å². The Morgan fingerprint density at radius 2 is 2.04 bits per heavy atom. The number of benzene rings is 1. The Morgan fingerprint density at radius 1 is 1.22 bits per heavy atom. The van der Waals surface area contributed by atoms with Gasteiger partial charge in [-0.3, -0.25) is 14.6 Å². The number of nitrogens with zero attached hydrogens (tertiary/aromatic N) is 2. The van der Waals surface area contributed by atoms with Gasteiger partial charge >= 0.3 is 0 Å². The standard InChI is InChI=1S/C18H19N3O2/c22-17-11-15(18(23)20-16-7-4-9-19-12-16)13-21(17)10-8-14-5-2-1-3-6-14/h1-7,9,12,15H,8,10-11,13H2,(H,20,23). The van der Waals surface area contributed by atoms with Crippen molar-refractivity contribution in [2.45, 2.75) is 12.8 Å². The van der Waals surface area contributed by atoms with E-state index in [0.29, 0.717) is 18.8 Å². The molecule has 1 fully saturated rings. The van der Waals surface area contributed by atoms with Crippen LogP contribution in [-0.4, -0.2) is 34.8 Å². The lowest BCUT2D eigenvalue weighted by atomic mass is 10.1. The van der Waals surface area contributed by atoms with Gasteiger partial charge in [0.15, 0.2) is 0 Å². The number of carbonyl (C=O) groups is 2. The number of anilines is 1. The van der Waals surface area contributed by atoms with E-state index >= 15 is 0 Å². The zero-order valence-corrected chi connectivity index (χ0v) is 12.8. The molecule has 0 aliphatic carbocycles. The molecule has 1 atom stereocenters. The third kappa shape index (κ3) is 3.94. The molecule has 0 bridgehead atoms. The first kappa shape index (κ1) is 15.2. The van der Waals surface area contributed by atoms with E-state index in [4.69, 9.17) is 0 Å². The number of amides is 2. The lowest BCUT2D eigenvalue weighted by Gasteiger charge is -2.16. The summed E-state index contributed by atoms with van der Waals surface area (Å²) in [6.07, 6.45) is 4.34. The Hall–Kier alpha value is -2.69. The van der Waals surface area contributed by atoms with Crippen molar-refractivity contribution in [2.75, 3.05) is 18.4 Å². The van der Waals surface area contributed by atoms with Crippen molar-refractivity contribution >= 4 is 17.5 Å². The molecular formula is C18H19N3O2. The monoisotopic (exact) mass is 309 g/mol. The number of hydrogen-bond donors (Lipinski definition) is 1. The van der Waals surface area contributed by atoms with Crippen LogP contribution in [0.2, 0.25) is 0 Å². The fourth-order valence-corrected chi connectivity index (χ4v) is 2.75. The van der Waals surface area contributed by atoms with Crippen LogP contribution >= 0.6 is 0 Å². The van der Waals surface area contributed by atoms with Crippen LogP contribution in [0.25, 0.3) is 0 Å². The highest BCUT2D eigenvalue weighted by molar-refractivity contribution is 5.97. The van der Waals surface area contributed by atoms with Gasteiger partial charge < -0.3 is 10.2 Å². The van der Waals surface area contributed by atoms with Gasteiger partial charge in [-0.2, -0.15) is 0 Å². The maximum Gasteiger partial charge on any atom is 0.229 e. The molecule has 0 saturated carbocycles. The highest BCUT2D eigenvalue weighted by Crippen LogP contribution is 2.20. The Bertz CT molecular complexity index is 673. The van der Waals surface area contributed by atoms with Gasteiger partial charge in [-0.15, -0.1) is 0 Å². The van der Waals surface area contributed by atoms with Crippen molar-refractivity contribution in [2.24, 2.45) is 5.92 Å². The molecule has 118 valence electrons. The maximum atomic E-state index is 12.3. The van der Waals surface area contributed by atoms with E-state index in [1.54, 1.807) is 29.4 Å². The van der Waals surface area contributed by atoms with Gasteiger partial charge in [-0.1, -0.05) is 30.3 Å².